The lowest BCUT2D eigenvalue weighted by Gasteiger charge is -2.54. The van der Waals surface area contributed by atoms with Crippen molar-refractivity contribution in [1.82, 2.24) is 9.80 Å². The van der Waals surface area contributed by atoms with E-state index in [1.165, 1.54) is 19.3 Å². The smallest absolute Gasteiger partial charge is 0.225 e. The topological polar surface area (TPSA) is 40.6 Å². The van der Waals surface area contributed by atoms with Crippen LogP contribution < -0.4 is 0 Å². The zero-order valence-electron chi connectivity index (χ0n) is 18.4. The second kappa shape index (κ2) is 7.17. The van der Waals surface area contributed by atoms with Crippen LogP contribution in [-0.4, -0.2) is 53.2 Å². The third-order valence-corrected chi connectivity index (χ3v) is 7.53. The molecule has 4 heteroatoms. The molecule has 1 atom stereocenters. The van der Waals surface area contributed by atoms with E-state index in [-0.39, 0.29) is 28.2 Å². The monoisotopic (exact) mass is 376 g/mol. The summed E-state index contributed by atoms with van der Waals surface area (Å²) in [5, 5.41) is 0. The molecule has 0 N–H and O–H groups in total. The maximum atomic E-state index is 13.2. The summed E-state index contributed by atoms with van der Waals surface area (Å²) in [6, 6.07) is 0. The van der Waals surface area contributed by atoms with Gasteiger partial charge in [0.15, 0.2) is 0 Å². The molecule has 1 spiro atoms. The molecule has 3 rings (SSSR count). The highest BCUT2D eigenvalue weighted by Crippen LogP contribution is 2.54. The number of amides is 1. The number of likely N-dealkylation sites (tertiary alicyclic amines) is 2. The molecule has 3 fully saturated rings. The highest BCUT2D eigenvalue weighted by atomic mass is 16.2. The maximum Gasteiger partial charge on any atom is 0.225 e. The van der Waals surface area contributed by atoms with Crippen LogP contribution in [0.4, 0.5) is 0 Å². The van der Waals surface area contributed by atoms with Crippen LogP contribution in [0.2, 0.25) is 0 Å². The standard InChI is InChI=1S/C23H40N2O2/c1-21(2,3)19(26)18-16-24(15-12-23(18)10-7-11-23)20(27)17-8-13-25(14-9-17)22(4,5)6/h17-18H,7-16H2,1-6H3. The van der Waals surface area contributed by atoms with Gasteiger partial charge in [-0.05, 0) is 71.4 Å². The number of ketones is 1. The van der Waals surface area contributed by atoms with Gasteiger partial charge in [0.05, 0.1) is 0 Å². The minimum absolute atomic E-state index is 0.0404. The van der Waals surface area contributed by atoms with Crippen molar-refractivity contribution in [2.45, 2.75) is 85.6 Å². The first-order valence-corrected chi connectivity index (χ1v) is 11.0. The van der Waals surface area contributed by atoms with Gasteiger partial charge in [0.25, 0.3) is 0 Å². The van der Waals surface area contributed by atoms with Crippen LogP contribution in [0.25, 0.3) is 0 Å². The van der Waals surface area contributed by atoms with Crippen molar-refractivity contribution in [1.29, 1.82) is 0 Å². The van der Waals surface area contributed by atoms with Gasteiger partial charge in [0, 0.05) is 35.9 Å². The van der Waals surface area contributed by atoms with Crippen molar-refractivity contribution in [3.63, 3.8) is 0 Å². The Morgan fingerprint density at radius 1 is 0.889 bits per heavy atom. The summed E-state index contributed by atoms with van der Waals surface area (Å²) >= 11 is 0. The van der Waals surface area contributed by atoms with Crippen LogP contribution in [-0.2, 0) is 9.59 Å². The quantitative estimate of drug-likeness (QED) is 0.727. The molecule has 1 saturated carbocycles. The fourth-order valence-electron chi connectivity index (χ4n) is 5.41. The van der Waals surface area contributed by atoms with E-state index >= 15 is 0 Å². The molecule has 2 heterocycles. The van der Waals surface area contributed by atoms with Gasteiger partial charge in [0.2, 0.25) is 5.91 Å². The summed E-state index contributed by atoms with van der Waals surface area (Å²) in [6.45, 7) is 16.4. The number of hydrogen-bond donors (Lipinski definition) is 0. The lowest BCUT2D eigenvalue weighted by atomic mass is 9.54. The molecular formula is C23H40N2O2. The van der Waals surface area contributed by atoms with Crippen LogP contribution in [0.1, 0.15) is 80.1 Å². The predicted molar refractivity (Wildman–Crippen MR) is 109 cm³/mol. The van der Waals surface area contributed by atoms with Gasteiger partial charge in [-0.15, -0.1) is 0 Å². The van der Waals surface area contributed by atoms with Crippen molar-refractivity contribution in [3.8, 4) is 0 Å². The van der Waals surface area contributed by atoms with Gasteiger partial charge in [-0.25, -0.2) is 0 Å². The first-order chi connectivity index (χ1) is 12.4. The second-order valence-corrected chi connectivity index (χ2v) is 11.3. The predicted octanol–water partition coefficient (Wildman–Crippen LogP) is 4.13. The Morgan fingerprint density at radius 2 is 1.48 bits per heavy atom. The third kappa shape index (κ3) is 4.11. The average Bonchev–Trinajstić information content (AvgIpc) is 2.57. The summed E-state index contributed by atoms with van der Waals surface area (Å²) in [5.74, 6) is 0.856. The Kier molecular flexibility index (Phi) is 5.53. The highest BCUT2D eigenvalue weighted by Gasteiger charge is 2.52. The van der Waals surface area contributed by atoms with Crippen LogP contribution in [0.3, 0.4) is 0 Å². The minimum Gasteiger partial charge on any atom is -0.342 e. The lowest BCUT2D eigenvalue weighted by Crippen LogP contribution is -2.58. The van der Waals surface area contributed by atoms with E-state index < -0.39 is 0 Å². The molecule has 0 aromatic heterocycles. The van der Waals surface area contributed by atoms with Crippen molar-refractivity contribution in [2.24, 2.45) is 22.7 Å². The molecule has 27 heavy (non-hydrogen) atoms. The number of Topliss-reactive ketones (excluding diaryl/α,β-unsaturated/α-hetero) is 1. The molecular weight excluding hydrogens is 336 g/mol. The molecule has 0 aromatic rings. The molecule has 0 aromatic carbocycles. The van der Waals surface area contributed by atoms with E-state index in [1.54, 1.807) is 0 Å². The van der Waals surface area contributed by atoms with Crippen molar-refractivity contribution in [3.05, 3.63) is 0 Å². The molecule has 0 radical (unpaired) electrons. The zero-order chi connectivity index (χ0) is 20.0. The van der Waals surface area contributed by atoms with Gasteiger partial charge in [-0.3, -0.25) is 14.5 Å². The van der Waals surface area contributed by atoms with E-state index in [0.29, 0.717) is 18.2 Å². The van der Waals surface area contributed by atoms with Gasteiger partial charge < -0.3 is 4.90 Å². The first kappa shape index (κ1) is 20.8. The Labute approximate surface area is 166 Å². The molecule has 2 saturated heterocycles. The first-order valence-electron chi connectivity index (χ1n) is 11.0. The summed E-state index contributed by atoms with van der Waals surface area (Å²) in [5.41, 5.74) is 0.0497. The van der Waals surface area contributed by atoms with Crippen molar-refractivity contribution in [2.75, 3.05) is 26.2 Å². The van der Waals surface area contributed by atoms with E-state index in [1.807, 2.05) is 20.8 Å². The fraction of sp³-hybridized carbons (Fsp3) is 0.913. The van der Waals surface area contributed by atoms with Gasteiger partial charge in [-0.1, -0.05) is 27.2 Å². The van der Waals surface area contributed by atoms with E-state index in [0.717, 1.165) is 38.9 Å². The summed E-state index contributed by atoms with van der Waals surface area (Å²) in [4.78, 5) is 31.0. The Bertz CT molecular complexity index is 572. The number of hydrogen-bond acceptors (Lipinski definition) is 3. The molecule has 2 aliphatic heterocycles. The summed E-state index contributed by atoms with van der Waals surface area (Å²) < 4.78 is 0. The molecule has 0 bridgehead atoms. The SMILES string of the molecule is CC(C)(C)C(=O)C1CN(C(=O)C2CCN(C(C)(C)C)CC2)CCC12CCC2. The van der Waals surface area contributed by atoms with Crippen LogP contribution in [0.5, 0.6) is 0 Å². The normalized spacial score (nSPS) is 27.5. The van der Waals surface area contributed by atoms with E-state index in [4.69, 9.17) is 0 Å². The number of rotatable bonds is 2. The molecule has 4 nitrogen and oxygen atoms in total. The number of carbonyl (C=O) groups is 2. The molecule has 3 aliphatic rings. The lowest BCUT2D eigenvalue weighted by molar-refractivity contribution is -0.152. The number of carbonyl (C=O) groups excluding carboxylic acids is 2. The molecule has 154 valence electrons. The molecule has 1 aliphatic carbocycles. The minimum atomic E-state index is -0.322. The maximum absolute atomic E-state index is 13.2. The Balaban J connectivity index is 1.66. The van der Waals surface area contributed by atoms with Gasteiger partial charge in [0.1, 0.15) is 5.78 Å². The Hall–Kier alpha value is -0.900. The van der Waals surface area contributed by atoms with Crippen LogP contribution in [0.15, 0.2) is 0 Å². The van der Waals surface area contributed by atoms with Gasteiger partial charge >= 0.3 is 0 Å². The Morgan fingerprint density at radius 3 is 1.93 bits per heavy atom. The second-order valence-electron chi connectivity index (χ2n) is 11.3. The van der Waals surface area contributed by atoms with Crippen LogP contribution in [0, 0.1) is 22.7 Å². The molecule has 1 amide bonds. The largest absolute Gasteiger partial charge is 0.342 e. The third-order valence-electron chi connectivity index (χ3n) is 7.53. The molecule has 1 unspecified atom stereocenters. The van der Waals surface area contributed by atoms with Crippen molar-refractivity contribution < 1.29 is 9.59 Å². The van der Waals surface area contributed by atoms with E-state index in [9.17, 15) is 9.59 Å². The number of piperidine rings is 2. The fourth-order valence-corrected chi connectivity index (χ4v) is 5.41. The summed E-state index contributed by atoms with van der Waals surface area (Å²) in [6.07, 6.45) is 6.52. The number of nitrogens with zero attached hydrogens (tertiary/aromatic N) is 2. The zero-order valence-corrected chi connectivity index (χ0v) is 18.4. The van der Waals surface area contributed by atoms with E-state index in [2.05, 4.69) is 30.6 Å². The van der Waals surface area contributed by atoms with Crippen LogP contribution >= 0.6 is 0 Å². The average molecular weight is 377 g/mol. The highest BCUT2D eigenvalue weighted by molar-refractivity contribution is 5.88. The van der Waals surface area contributed by atoms with Crippen molar-refractivity contribution >= 4 is 11.7 Å². The van der Waals surface area contributed by atoms with Gasteiger partial charge in [-0.2, -0.15) is 0 Å². The summed E-state index contributed by atoms with van der Waals surface area (Å²) in [7, 11) is 0.